The second-order valence-electron chi connectivity index (χ2n) is 5.28. The predicted molar refractivity (Wildman–Crippen MR) is 75.8 cm³/mol. The first-order valence-corrected chi connectivity index (χ1v) is 6.82. The monoisotopic (exact) mass is 306 g/mol. The third kappa shape index (κ3) is 2.55. The molecule has 2 aliphatic rings. The van der Waals surface area contributed by atoms with Gasteiger partial charge in [0.2, 0.25) is 0 Å². The summed E-state index contributed by atoms with van der Waals surface area (Å²) in [6.07, 6.45) is 1.18. The number of methoxy groups -OCH3 is 1. The van der Waals surface area contributed by atoms with E-state index in [4.69, 9.17) is 9.47 Å². The molecule has 1 N–H and O–H groups in total. The lowest BCUT2D eigenvalue weighted by atomic mass is 10.2. The van der Waals surface area contributed by atoms with Gasteiger partial charge in [0.15, 0.2) is 5.82 Å². The number of morpholine rings is 1. The van der Waals surface area contributed by atoms with E-state index in [1.54, 1.807) is 0 Å². The Labute approximate surface area is 126 Å². The molecule has 22 heavy (non-hydrogen) atoms. The number of amides is 2. The molecular weight excluding hydrogens is 290 g/mol. The maximum absolute atomic E-state index is 11.8. The summed E-state index contributed by atoms with van der Waals surface area (Å²) in [5, 5.41) is 2.17. The van der Waals surface area contributed by atoms with E-state index in [9.17, 15) is 9.59 Å². The van der Waals surface area contributed by atoms with Crippen molar-refractivity contribution in [2.75, 3.05) is 40.5 Å². The quantitative estimate of drug-likeness (QED) is 0.557. The molecule has 116 valence electrons. The molecule has 1 saturated heterocycles. The molecule has 0 bridgehead atoms. The molecule has 2 aliphatic heterocycles. The minimum atomic E-state index is -0.520. The fraction of sp³-hybridized carbons (Fsp3) is 0.462. The van der Waals surface area contributed by atoms with Crippen molar-refractivity contribution in [2.24, 2.45) is 0 Å². The molecule has 9 heteroatoms. The van der Waals surface area contributed by atoms with Crippen LogP contribution in [0.2, 0.25) is 0 Å². The van der Waals surface area contributed by atoms with Crippen LogP contribution in [0.4, 0.5) is 5.95 Å². The number of nitrogens with zero attached hydrogens (tertiary/aromatic N) is 4. The van der Waals surface area contributed by atoms with Gasteiger partial charge in [-0.25, -0.2) is 0 Å². The molecule has 0 atom stereocenters. The third-order valence-corrected chi connectivity index (χ3v) is 3.72. The Morgan fingerprint density at radius 3 is 2.55 bits per heavy atom. The molecule has 9 nitrogen and oxygen atoms in total. The molecule has 0 aromatic carbocycles. The van der Waals surface area contributed by atoms with Gasteiger partial charge in [-0.3, -0.25) is 19.4 Å². The molecule has 1 fully saturated rings. The Morgan fingerprint density at radius 2 is 1.95 bits per heavy atom. The molecule has 3 rings (SSSR count). The lowest BCUT2D eigenvalue weighted by Crippen LogP contribution is -2.54. The predicted octanol–water partition coefficient (Wildman–Crippen LogP) is -1.11. The van der Waals surface area contributed by atoms with E-state index in [0.717, 1.165) is 0 Å². The summed E-state index contributed by atoms with van der Waals surface area (Å²) in [5.74, 6) is -0.379. The first-order valence-electron chi connectivity index (χ1n) is 6.82. The summed E-state index contributed by atoms with van der Waals surface area (Å²) in [6.45, 7) is 2.61. The highest BCUT2D eigenvalue weighted by Crippen LogP contribution is 2.23. The first-order chi connectivity index (χ1) is 10.5. The molecule has 1 aromatic heterocycles. The standard InChI is InChI=1S/C13H15N5O4/c1-18(3-5-22-6-4-18)12-15-10(16-13(17-12)21-2)8-7-9(19)14-11(8)20/h7H,3-6H2,1-2H3/p+1. The number of carbonyl (C=O) groups is 2. The average Bonchev–Trinajstić information content (AvgIpc) is 2.86. The second kappa shape index (κ2) is 5.43. The van der Waals surface area contributed by atoms with Gasteiger partial charge in [0.25, 0.3) is 11.8 Å². The molecule has 0 aliphatic carbocycles. The van der Waals surface area contributed by atoms with Crippen molar-refractivity contribution in [1.29, 1.82) is 0 Å². The zero-order chi connectivity index (χ0) is 15.7. The number of aromatic nitrogens is 3. The van der Waals surface area contributed by atoms with Crippen LogP contribution in [0.3, 0.4) is 0 Å². The lowest BCUT2D eigenvalue weighted by molar-refractivity contribution is -0.123. The normalized spacial score (nSPS) is 20.5. The van der Waals surface area contributed by atoms with Gasteiger partial charge in [0.05, 0.1) is 32.9 Å². The number of rotatable bonds is 3. The summed E-state index contributed by atoms with van der Waals surface area (Å²) in [7, 11) is 3.42. The maximum Gasteiger partial charge on any atom is 0.335 e. The first kappa shape index (κ1) is 14.5. The van der Waals surface area contributed by atoms with Crippen molar-refractivity contribution in [1.82, 2.24) is 24.8 Å². The van der Waals surface area contributed by atoms with Gasteiger partial charge in [0, 0.05) is 6.08 Å². The number of hydrogen-bond acceptors (Lipinski definition) is 7. The number of likely N-dealkylation sites (N-methyl/N-ethyl adjacent to an activating group) is 1. The fourth-order valence-electron chi connectivity index (χ4n) is 2.32. The third-order valence-electron chi connectivity index (χ3n) is 3.72. The molecule has 2 amide bonds. The highest BCUT2D eigenvalue weighted by molar-refractivity contribution is 6.32. The van der Waals surface area contributed by atoms with Gasteiger partial charge < -0.3 is 9.47 Å². The molecule has 0 spiro atoms. The van der Waals surface area contributed by atoms with E-state index in [0.29, 0.717) is 36.7 Å². The smallest absolute Gasteiger partial charge is 0.335 e. The number of hydrogen-bond donors (Lipinski definition) is 1. The van der Waals surface area contributed by atoms with E-state index in [2.05, 4.69) is 20.3 Å². The van der Waals surface area contributed by atoms with E-state index in [1.807, 2.05) is 7.05 Å². The van der Waals surface area contributed by atoms with Gasteiger partial charge in [-0.2, -0.15) is 9.97 Å². The van der Waals surface area contributed by atoms with E-state index >= 15 is 0 Å². The van der Waals surface area contributed by atoms with Crippen molar-refractivity contribution in [3.63, 3.8) is 0 Å². The summed E-state index contributed by atoms with van der Waals surface area (Å²) in [6, 6.07) is 0.110. The molecule has 0 saturated carbocycles. The van der Waals surface area contributed by atoms with Crippen LogP contribution in [-0.4, -0.2) is 67.2 Å². The Balaban J connectivity index is 2.05. The largest absolute Gasteiger partial charge is 0.467 e. The van der Waals surface area contributed by atoms with E-state index < -0.39 is 11.8 Å². The van der Waals surface area contributed by atoms with Crippen LogP contribution in [-0.2, 0) is 14.3 Å². The van der Waals surface area contributed by atoms with Crippen molar-refractivity contribution in [3.8, 4) is 6.01 Å². The van der Waals surface area contributed by atoms with Crippen LogP contribution >= 0.6 is 0 Å². The highest BCUT2D eigenvalue weighted by Gasteiger charge is 2.34. The van der Waals surface area contributed by atoms with Gasteiger partial charge >= 0.3 is 12.0 Å². The van der Waals surface area contributed by atoms with E-state index in [-0.39, 0.29) is 17.4 Å². The van der Waals surface area contributed by atoms with Crippen LogP contribution in [0.15, 0.2) is 6.08 Å². The minimum absolute atomic E-state index is 0.110. The topological polar surface area (TPSA) is 103 Å². The van der Waals surface area contributed by atoms with E-state index in [1.165, 1.54) is 13.2 Å². The summed E-state index contributed by atoms with van der Waals surface area (Å²) in [5.41, 5.74) is 0.117. The number of quaternary nitrogens is 1. The second-order valence-corrected chi connectivity index (χ2v) is 5.28. The Morgan fingerprint density at radius 1 is 1.23 bits per heavy atom. The average molecular weight is 306 g/mol. The molecule has 1 aromatic rings. The summed E-state index contributed by atoms with van der Waals surface area (Å²) >= 11 is 0. The maximum atomic E-state index is 11.8. The number of nitrogens with one attached hydrogen (secondary N) is 1. The SMILES string of the molecule is COc1nc(C2=CC(=O)NC2=O)nc([N+]2(C)CCOCC2)n1. The fourth-order valence-corrected chi connectivity index (χ4v) is 2.32. The molecular formula is C13H16N5O4+. The van der Waals surface area contributed by atoms with Gasteiger partial charge in [-0.05, 0) is 0 Å². The summed E-state index contributed by atoms with van der Waals surface area (Å²) < 4.78 is 10.9. The van der Waals surface area contributed by atoms with Crippen molar-refractivity contribution >= 4 is 23.3 Å². The van der Waals surface area contributed by atoms with Crippen molar-refractivity contribution in [2.45, 2.75) is 0 Å². The summed E-state index contributed by atoms with van der Waals surface area (Å²) in [4.78, 5) is 35.8. The van der Waals surface area contributed by atoms with Gasteiger partial charge in [-0.1, -0.05) is 0 Å². The highest BCUT2D eigenvalue weighted by atomic mass is 16.5. The number of carbonyl (C=O) groups excluding carboxylic acids is 2. The Hall–Kier alpha value is -2.39. The van der Waals surface area contributed by atoms with Crippen LogP contribution in [0, 0.1) is 0 Å². The zero-order valence-electron chi connectivity index (χ0n) is 12.3. The van der Waals surface area contributed by atoms with Gasteiger partial charge in [0.1, 0.15) is 13.1 Å². The lowest BCUT2D eigenvalue weighted by Gasteiger charge is -2.34. The van der Waals surface area contributed by atoms with Crippen molar-refractivity contribution in [3.05, 3.63) is 11.9 Å². The van der Waals surface area contributed by atoms with Crippen LogP contribution in [0.1, 0.15) is 5.82 Å². The van der Waals surface area contributed by atoms with Crippen LogP contribution in [0.5, 0.6) is 6.01 Å². The Kier molecular flexibility index (Phi) is 3.59. The van der Waals surface area contributed by atoms with Crippen LogP contribution in [0.25, 0.3) is 5.57 Å². The molecule has 0 radical (unpaired) electrons. The Bertz CT molecular complexity index is 666. The van der Waals surface area contributed by atoms with Gasteiger partial charge in [-0.15, -0.1) is 4.98 Å². The number of ether oxygens (including phenoxy) is 2. The molecule has 0 unspecified atom stereocenters. The number of imide groups is 1. The zero-order valence-corrected chi connectivity index (χ0v) is 12.3. The van der Waals surface area contributed by atoms with Crippen LogP contribution < -0.4 is 14.5 Å². The molecule has 3 heterocycles. The van der Waals surface area contributed by atoms with Crippen molar-refractivity contribution < 1.29 is 19.1 Å². The minimum Gasteiger partial charge on any atom is -0.467 e.